The molecule has 3 aromatic rings. The van der Waals surface area contributed by atoms with Gasteiger partial charge in [0.25, 0.3) is 0 Å². The normalized spacial score (nSPS) is 20.1. The molecule has 6 rings (SSSR count). The molecule has 3 aliphatic rings. The third-order valence-corrected chi connectivity index (χ3v) is 7.50. The van der Waals surface area contributed by atoms with Gasteiger partial charge in [0.2, 0.25) is 5.88 Å². The van der Waals surface area contributed by atoms with Crippen LogP contribution in [0.25, 0.3) is 11.1 Å². The summed E-state index contributed by atoms with van der Waals surface area (Å²) in [7, 11) is 0. The van der Waals surface area contributed by atoms with Crippen molar-refractivity contribution in [2.45, 2.75) is 70.3 Å². The molecule has 2 aromatic carbocycles. The molecule has 0 bridgehead atoms. The molecule has 8 heteroatoms. The van der Waals surface area contributed by atoms with Crippen molar-refractivity contribution in [1.29, 1.82) is 0 Å². The van der Waals surface area contributed by atoms with Gasteiger partial charge in [-0.25, -0.2) is 9.37 Å². The van der Waals surface area contributed by atoms with Crippen LogP contribution in [0.2, 0.25) is 0 Å². The van der Waals surface area contributed by atoms with Gasteiger partial charge in [-0.2, -0.15) is 13.2 Å². The van der Waals surface area contributed by atoms with Crippen LogP contribution in [0.15, 0.2) is 48.7 Å². The lowest BCUT2D eigenvalue weighted by atomic mass is 9.97. The molecule has 1 N–H and O–H groups in total. The minimum atomic E-state index is -4.64. The van der Waals surface area contributed by atoms with Crippen molar-refractivity contribution < 1.29 is 32.1 Å². The van der Waals surface area contributed by atoms with Crippen molar-refractivity contribution in [2.24, 2.45) is 5.92 Å². The topological polar surface area (TPSA) is 51.6 Å². The molecule has 2 unspecified atom stereocenters. The van der Waals surface area contributed by atoms with Gasteiger partial charge in [-0.15, -0.1) is 0 Å². The maximum Gasteiger partial charge on any atom is 0.417 e. The largest absolute Gasteiger partial charge is 0.493 e. The van der Waals surface area contributed by atoms with Crippen molar-refractivity contribution in [3.63, 3.8) is 0 Å². The molecule has 38 heavy (non-hydrogen) atoms. The summed E-state index contributed by atoms with van der Waals surface area (Å²) in [6, 6.07) is 9.47. The van der Waals surface area contributed by atoms with E-state index < -0.39 is 23.2 Å². The number of alkyl halides is 3. The van der Waals surface area contributed by atoms with Gasteiger partial charge in [0.1, 0.15) is 18.2 Å². The van der Waals surface area contributed by atoms with E-state index in [4.69, 9.17) is 9.47 Å². The van der Waals surface area contributed by atoms with Gasteiger partial charge in [0, 0.05) is 24.2 Å². The Morgan fingerprint density at radius 1 is 1.05 bits per heavy atom. The van der Waals surface area contributed by atoms with Gasteiger partial charge >= 0.3 is 6.18 Å². The van der Waals surface area contributed by atoms with Gasteiger partial charge in [-0.3, -0.25) is 0 Å². The minimum absolute atomic E-state index is 0.0707. The van der Waals surface area contributed by atoms with E-state index in [1.54, 1.807) is 0 Å². The van der Waals surface area contributed by atoms with Crippen LogP contribution in [0.5, 0.6) is 11.6 Å². The molecule has 1 heterocycles. The first-order chi connectivity index (χ1) is 18.2. The average molecular weight is 530 g/mol. The van der Waals surface area contributed by atoms with E-state index in [9.17, 15) is 22.7 Å². The van der Waals surface area contributed by atoms with Gasteiger partial charge in [0.05, 0.1) is 17.8 Å². The van der Waals surface area contributed by atoms with E-state index in [2.05, 4.69) is 4.98 Å². The van der Waals surface area contributed by atoms with Crippen LogP contribution in [0.4, 0.5) is 17.6 Å². The summed E-state index contributed by atoms with van der Waals surface area (Å²) < 4.78 is 67.5. The maximum absolute atomic E-state index is 14.5. The van der Waals surface area contributed by atoms with E-state index in [0.717, 1.165) is 18.6 Å². The first-order valence-electron chi connectivity index (χ1n) is 13.2. The molecular weight excluding hydrogens is 498 g/mol. The number of benzene rings is 2. The number of ether oxygens (including phenoxy) is 2. The second kappa shape index (κ2) is 10.2. The lowest BCUT2D eigenvalue weighted by Crippen LogP contribution is -2.13. The molecule has 0 amide bonds. The van der Waals surface area contributed by atoms with Crippen LogP contribution in [0, 0.1) is 11.7 Å². The Morgan fingerprint density at radius 3 is 2.58 bits per heavy atom. The summed E-state index contributed by atoms with van der Waals surface area (Å²) in [6.07, 6.45) is 1.14. The zero-order chi connectivity index (χ0) is 27.1. The summed E-state index contributed by atoms with van der Waals surface area (Å²) in [4.78, 5) is 4.33. The Labute approximate surface area is 219 Å². The first-order valence-corrected chi connectivity index (χ1v) is 13.2. The van der Waals surface area contributed by atoms with Crippen molar-refractivity contribution in [3.8, 4) is 22.8 Å². The smallest absolute Gasteiger partial charge is 0.417 e. The molecule has 3 aliphatic carbocycles. The highest BCUT2D eigenvalue weighted by Gasteiger charge is 2.45. The molecule has 0 saturated heterocycles. The van der Waals surface area contributed by atoms with E-state index in [0.29, 0.717) is 37.0 Å². The zero-order valence-corrected chi connectivity index (χ0v) is 21.4. The van der Waals surface area contributed by atoms with Crippen molar-refractivity contribution in [2.75, 3.05) is 6.61 Å². The van der Waals surface area contributed by atoms with E-state index in [-0.39, 0.29) is 35.7 Å². The highest BCUT2D eigenvalue weighted by Crippen LogP contribution is 2.56. The quantitative estimate of drug-likeness (QED) is 0.308. The Balaban J connectivity index is 0.00000144. The first kappa shape index (κ1) is 26.5. The van der Waals surface area contributed by atoms with Crippen LogP contribution in [0.1, 0.15) is 67.7 Å². The molecule has 0 spiro atoms. The second-order valence-electron chi connectivity index (χ2n) is 10.2. The number of nitrogens with zero attached hydrogens (tertiary/aromatic N) is 1. The number of hydrogen-bond donors (Lipinski definition) is 1. The average Bonchev–Trinajstić information content (AvgIpc) is 3.81. The predicted molar refractivity (Wildman–Crippen MR) is 136 cm³/mol. The summed E-state index contributed by atoms with van der Waals surface area (Å²) in [6.45, 7) is 3.98. The van der Waals surface area contributed by atoms with Crippen molar-refractivity contribution >= 4 is 0 Å². The fourth-order valence-corrected chi connectivity index (χ4v) is 5.07. The molecular formula is C30H31F4NO3. The van der Waals surface area contributed by atoms with Crippen LogP contribution < -0.4 is 9.47 Å². The number of aliphatic hydroxyl groups is 1. The monoisotopic (exact) mass is 529 g/mol. The van der Waals surface area contributed by atoms with E-state index in [1.165, 1.54) is 41.8 Å². The number of hydrogen-bond acceptors (Lipinski definition) is 4. The fraction of sp³-hybridized carbons (Fsp3) is 0.433. The van der Waals surface area contributed by atoms with Gasteiger partial charge in [-0.05, 0) is 84.0 Å². The van der Waals surface area contributed by atoms with Gasteiger partial charge in [-0.1, -0.05) is 26.0 Å². The zero-order valence-electron chi connectivity index (χ0n) is 21.4. The van der Waals surface area contributed by atoms with E-state index in [1.807, 2.05) is 26.1 Å². The SMILES string of the molecule is CC.OC1(CCOc2ccc(-c3ccc(F)c(COc4cc5c(cn4)C4CC4C5)c3)c(C(F)(F)F)c2)CC1. The van der Waals surface area contributed by atoms with Gasteiger partial charge < -0.3 is 14.6 Å². The number of pyridine rings is 1. The summed E-state index contributed by atoms with van der Waals surface area (Å²) in [5.74, 6) is 1.21. The third-order valence-electron chi connectivity index (χ3n) is 7.50. The summed E-state index contributed by atoms with van der Waals surface area (Å²) in [5, 5.41) is 9.90. The fourth-order valence-electron chi connectivity index (χ4n) is 5.07. The molecule has 2 saturated carbocycles. The number of halogens is 4. The summed E-state index contributed by atoms with van der Waals surface area (Å²) >= 11 is 0. The van der Waals surface area contributed by atoms with E-state index >= 15 is 0 Å². The van der Waals surface area contributed by atoms with Crippen LogP contribution >= 0.6 is 0 Å². The molecule has 1 aromatic heterocycles. The number of fused-ring (bicyclic) bond motifs is 3. The molecule has 2 atom stereocenters. The minimum Gasteiger partial charge on any atom is -0.493 e. The second-order valence-corrected chi connectivity index (χ2v) is 10.2. The van der Waals surface area contributed by atoms with Crippen LogP contribution in [-0.4, -0.2) is 22.3 Å². The Bertz CT molecular complexity index is 1320. The maximum atomic E-state index is 14.5. The highest BCUT2D eigenvalue weighted by molar-refractivity contribution is 5.70. The van der Waals surface area contributed by atoms with Crippen LogP contribution in [-0.2, 0) is 19.2 Å². The summed E-state index contributed by atoms with van der Waals surface area (Å²) in [5.41, 5.74) is 1.14. The molecule has 0 aliphatic heterocycles. The molecule has 2 fully saturated rings. The van der Waals surface area contributed by atoms with Crippen molar-refractivity contribution in [3.05, 3.63) is 76.7 Å². The lowest BCUT2D eigenvalue weighted by Gasteiger charge is -2.17. The highest BCUT2D eigenvalue weighted by atomic mass is 19.4. The van der Waals surface area contributed by atoms with Gasteiger partial charge in [0.15, 0.2) is 0 Å². The number of aromatic nitrogens is 1. The Morgan fingerprint density at radius 2 is 1.84 bits per heavy atom. The molecule has 4 nitrogen and oxygen atoms in total. The predicted octanol–water partition coefficient (Wildman–Crippen LogP) is 7.47. The third kappa shape index (κ3) is 5.65. The Kier molecular flexibility index (Phi) is 7.11. The molecule has 0 radical (unpaired) electrons. The lowest BCUT2D eigenvalue weighted by molar-refractivity contribution is -0.137. The Hall–Kier alpha value is -3.13. The van der Waals surface area contributed by atoms with Crippen molar-refractivity contribution in [1.82, 2.24) is 4.98 Å². The van der Waals surface area contributed by atoms with Crippen LogP contribution in [0.3, 0.4) is 0 Å². The standard InChI is InChI=1S/C28H25F4NO3.C2H6/c29-25-4-1-16(9-19(25)15-36-26-12-18-10-17-11-22(17)23(18)14-33-26)21-3-2-20(13-24(21)28(30,31)32)35-8-7-27(34)5-6-27;1-2/h1-4,9,12-14,17,22,34H,5-8,10-11,15H2;1-2H3. The number of rotatable bonds is 8. The molecule has 202 valence electrons.